The van der Waals surface area contributed by atoms with Gasteiger partial charge in [0.2, 0.25) is 0 Å². The van der Waals surface area contributed by atoms with E-state index < -0.39 is 5.97 Å². The van der Waals surface area contributed by atoms with Gasteiger partial charge in [-0.25, -0.2) is 0 Å². The Bertz CT molecular complexity index is 658. The van der Waals surface area contributed by atoms with Crippen LogP contribution < -0.4 is 0 Å². The van der Waals surface area contributed by atoms with E-state index in [2.05, 4.69) is 4.98 Å². The van der Waals surface area contributed by atoms with Crippen LogP contribution >= 0.6 is 0 Å². The molecule has 1 heterocycles. The van der Waals surface area contributed by atoms with E-state index in [0.29, 0.717) is 5.69 Å². The van der Waals surface area contributed by atoms with Gasteiger partial charge in [0.25, 0.3) is 5.91 Å². The first-order valence-corrected chi connectivity index (χ1v) is 6.50. The van der Waals surface area contributed by atoms with E-state index in [0.717, 1.165) is 16.5 Å². The van der Waals surface area contributed by atoms with Crippen molar-refractivity contribution in [2.24, 2.45) is 0 Å². The van der Waals surface area contributed by atoms with Gasteiger partial charge in [0.1, 0.15) is 12.2 Å². The van der Waals surface area contributed by atoms with Crippen molar-refractivity contribution >= 4 is 22.8 Å². The number of amides is 1. The number of carbonyl (C=O) groups excluding carboxylic acids is 1. The molecule has 1 aromatic carbocycles. The Balaban J connectivity index is 2.35. The van der Waals surface area contributed by atoms with Crippen molar-refractivity contribution < 1.29 is 14.7 Å². The van der Waals surface area contributed by atoms with Crippen LogP contribution in [-0.2, 0) is 4.79 Å². The minimum Gasteiger partial charge on any atom is -0.480 e. The maximum Gasteiger partial charge on any atom is 0.323 e. The zero-order valence-electron chi connectivity index (χ0n) is 11.8. The molecule has 2 aromatic rings. The van der Waals surface area contributed by atoms with Crippen LogP contribution in [0.1, 0.15) is 29.9 Å². The van der Waals surface area contributed by atoms with Crippen molar-refractivity contribution in [3.63, 3.8) is 0 Å². The van der Waals surface area contributed by atoms with Gasteiger partial charge in [0, 0.05) is 16.9 Å². The van der Waals surface area contributed by atoms with Crippen LogP contribution in [0, 0.1) is 6.92 Å². The van der Waals surface area contributed by atoms with E-state index in [1.165, 1.54) is 4.90 Å². The molecule has 0 unspecified atom stereocenters. The number of fused-ring (bicyclic) bond motifs is 1. The molecule has 0 saturated carbocycles. The van der Waals surface area contributed by atoms with Gasteiger partial charge in [0.15, 0.2) is 0 Å². The highest BCUT2D eigenvalue weighted by molar-refractivity contribution is 5.99. The number of hydrogen-bond acceptors (Lipinski definition) is 2. The molecular formula is C15H18N2O3. The second-order valence-electron chi connectivity index (χ2n) is 5.19. The number of carboxylic acids is 1. The fourth-order valence-electron chi connectivity index (χ4n) is 2.15. The summed E-state index contributed by atoms with van der Waals surface area (Å²) in [5.74, 6) is -1.31. The third-order valence-electron chi connectivity index (χ3n) is 3.20. The smallest absolute Gasteiger partial charge is 0.323 e. The summed E-state index contributed by atoms with van der Waals surface area (Å²) in [5, 5.41) is 9.84. The summed E-state index contributed by atoms with van der Waals surface area (Å²) in [6, 6.07) is 7.46. The molecule has 0 spiro atoms. The minimum absolute atomic E-state index is 0.174. The number of nitrogens with zero attached hydrogens (tertiary/aromatic N) is 1. The van der Waals surface area contributed by atoms with E-state index >= 15 is 0 Å². The van der Waals surface area contributed by atoms with Crippen LogP contribution in [0.25, 0.3) is 10.9 Å². The number of carboxylic acid groups (broad SMARTS) is 1. The SMILES string of the molecule is Cc1ccc2cc(C(=O)N(CC(=O)O)C(C)C)[nH]c2c1. The largest absolute Gasteiger partial charge is 0.480 e. The van der Waals surface area contributed by atoms with Crippen molar-refractivity contribution in [3.05, 3.63) is 35.5 Å². The molecule has 2 N–H and O–H groups in total. The van der Waals surface area contributed by atoms with Gasteiger partial charge in [-0.15, -0.1) is 0 Å². The Labute approximate surface area is 117 Å². The van der Waals surface area contributed by atoms with Gasteiger partial charge < -0.3 is 15.0 Å². The lowest BCUT2D eigenvalue weighted by Gasteiger charge is -2.24. The normalized spacial score (nSPS) is 11.0. The van der Waals surface area contributed by atoms with Gasteiger partial charge in [0.05, 0.1) is 0 Å². The fourth-order valence-corrected chi connectivity index (χ4v) is 2.15. The standard InChI is InChI=1S/C15H18N2O3/c1-9(2)17(8-14(18)19)15(20)13-7-11-5-4-10(3)6-12(11)16-13/h4-7,9,16H,8H2,1-3H3,(H,18,19). The van der Waals surface area contributed by atoms with Gasteiger partial charge >= 0.3 is 5.97 Å². The third kappa shape index (κ3) is 2.82. The number of aryl methyl sites for hydroxylation is 1. The van der Waals surface area contributed by atoms with Crippen molar-refractivity contribution in [1.82, 2.24) is 9.88 Å². The Kier molecular flexibility index (Phi) is 3.79. The van der Waals surface area contributed by atoms with Crippen LogP contribution in [-0.4, -0.2) is 39.5 Å². The Morgan fingerprint density at radius 2 is 2.00 bits per heavy atom. The molecule has 5 nitrogen and oxygen atoms in total. The topological polar surface area (TPSA) is 73.4 Å². The Morgan fingerprint density at radius 3 is 2.60 bits per heavy atom. The summed E-state index contributed by atoms with van der Waals surface area (Å²) in [7, 11) is 0. The number of aliphatic carboxylic acids is 1. The summed E-state index contributed by atoms with van der Waals surface area (Å²) in [6.45, 7) is 5.28. The first kappa shape index (κ1) is 14.1. The molecule has 0 fully saturated rings. The Morgan fingerprint density at radius 1 is 1.30 bits per heavy atom. The third-order valence-corrected chi connectivity index (χ3v) is 3.20. The van der Waals surface area contributed by atoms with Gasteiger partial charge in [-0.1, -0.05) is 12.1 Å². The first-order chi connectivity index (χ1) is 9.38. The van der Waals surface area contributed by atoms with Crippen LogP contribution in [0.4, 0.5) is 0 Å². The van der Waals surface area contributed by atoms with Crippen LogP contribution in [0.2, 0.25) is 0 Å². The molecule has 0 atom stereocenters. The summed E-state index contributed by atoms with van der Waals surface area (Å²) >= 11 is 0. The van der Waals surface area contributed by atoms with Crippen molar-refractivity contribution in [2.45, 2.75) is 26.8 Å². The van der Waals surface area contributed by atoms with Crippen LogP contribution in [0.3, 0.4) is 0 Å². The molecule has 2 rings (SSSR count). The number of nitrogens with one attached hydrogen (secondary N) is 1. The highest BCUT2D eigenvalue weighted by Gasteiger charge is 2.22. The first-order valence-electron chi connectivity index (χ1n) is 6.50. The molecule has 0 bridgehead atoms. The molecule has 0 aliphatic carbocycles. The number of aromatic amines is 1. The van der Waals surface area contributed by atoms with Crippen molar-refractivity contribution in [1.29, 1.82) is 0 Å². The zero-order chi connectivity index (χ0) is 14.9. The van der Waals surface area contributed by atoms with Crippen molar-refractivity contribution in [2.75, 3.05) is 6.54 Å². The van der Waals surface area contributed by atoms with Gasteiger partial charge in [-0.2, -0.15) is 0 Å². The second kappa shape index (κ2) is 5.36. The van der Waals surface area contributed by atoms with Gasteiger partial charge in [-0.3, -0.25) is 9.59 Å². The highest BCUT2D eigenvalue weighted by Crippen LogP contribution is 2.18. The van der Waals surface area contributed by atoms with E-state index in [-0.39, 0.29) is 18.5 Å². The molecule has 1 aromatic heterocycles. The van der Waals surface area contributed by atoms with Crippen molar-refractivity contribution in [3.8, 4) is 0 Å². The molecular weight excluding hydrogens is 256 g/mol. The summed E-state index contributed by atoms with van der Waals surface area (Å²) < 4.78 is 0. The minimum atomic E-state index is -1.01. The summed E-state index contributed by atoms with van der Waals surface area (Å²) in [5.41, 5.74) is 2.40. The highest BCUT2D eigenvalue weighted by atomic mass is 16.4. The number of rotatable bonds is 4. The second-order valence-corrected chi connectivity index (χ2v) is 5.19. The molecule has 20 heavy (non-hydrogen) atoms. The quantitative estimate of drug-likeness (QED) is 0.899. The lowest BCUT2D eigenvalue weighted by Crippen LogP contribution is -2.40. The predicted octanol–water partition coefficient (Wildman–Crippen LogP) is 2.41. The number of aromatic nitrogens is 1. The molecule has 0 aliphatic rings. The lowest BCUT2D eigenvalue weighted by molar-refractivity contribution is -0.138. The molecule has 0 saturated heterocycles. The lowest BCUT2D eigenvalue weighted by atomic mass is 10.2. The monoisotopic (exact) mass is 274 g/mol. The molecule has 106 valence electrons. The molecule has 5 heteroatoms. The zero-order valence-corrected chi connectivity index (χ0v) is 11.8. The van der Waals surface area contributed by atoms with Crippen LogP contribution in [0.5, 0.6) is 0 Å². The molecule has 0 radical (unpaired) electrons. The molecule has 0 aliphatic heterocycles. The Hall–Kier alpha value is -2.30. The van der Waals surface area contributed by atoms with E-state index in [1.807, 2.05) is 25.1 Å². The van der Waals surface area contributed by atoms with Crippen LogP contribution in [0.15, 0.2) is 24.3 Å². The van der Waals surface area contributed by atoms with E-state index in [9.17, 15) is 9.59 Å². The molecule has 1 amide bonds. The maximum absolute atomic E-state index is 12.4. The average Bonchev–Trinajstić information content (AvgIpc) is 2.77. The number of carbonyl (C=O) groups is 2. The van der Waals surface area contributed by atoms with Gasteiger partial charge in [-0.05, 0) is 38.5 Å². The predicted molar refractivity (Wildman–Crippen MR) is 76.8 cm³/mol. The average molecular weight is 274 g/mol. The summed E-state index contributed by atoms with van der Waals surface area (Å²) in [4.78, 5) is 27.7. The number of H-pyrrole nitrogens is 1. The number of hydrogen-bond donors (Lipinski definition) is 2. The number of benzene rings is 1. The van der Waals surface area contributed by atoms with E-state index in [4.69, 9.17) is 5.11 Å². The fraction of sp³-hybridized carbons (Fsp3) is 0.333. The maximum atomic E-state index is 12.4. The summed E-state index contributed by atoms with van der Waals surface area (Å²) in [6.07, 6.45) is 0. The van der Waals surface area contributed by atoms with E-state index in [1.54, 1.807) is 19.9 Å².